The van der Waals surface area contributed by atoms with E-state index in [1.54, 1.807) is 7.11 Å². The molecule has 1 fully saturated rings. The van der Waals surface area contributed by atoms with Gasteiger partial charge >= 0.3 is 0 Å². The number of ether oxygens (including phenoxy) is 1. The molecular formula is C19H26BrN3O2. The minimum Gasteiger partial charge on any atom is -0.494 e. The first-order chi connectivity index (χ1) is 11.8. The number of carbonyl (C=O) groups excluding carboxylic acids is 1. The summed E-state index contributed by atoms with van der Waals surface area (Å²) in [4.78, 5) is 16.7. The maximum absolute atomic E-state index is 12.3. The Morgan fingerprint density at radius 2 is 1.92 bits per heavy atom. The van der Waals surface area contributed by atoms with Gasteiger partial charge in [-0.05, 0) is 17.5 Å². The molecule has 0 aromatic heterocycles. The molecule has 1 aliphatic rings. The Bertz CT molecular complexity index is 668. The first-order valence-corrected chi connectivity index (χ1v) is 9.60. The summed E-state index contributed by atoms with van der Waals surface area (Å²) in [6, 6.07) is 6.11. The molecule has 0 N–H and O–H groups in total. The van der Waals surface area contributed by atoms with Crippen molar-refractivity contribution in [3.8, 4) is 11.8 Å². The second kappa shape index (κ2) is 8.20. The number of alkyl halides is 1. The normalized spacial score (nSPS) is 15.8. The Morgan fingerprint density at radius 1 is 1.28 bits per heavy atom. The average Bonchev–Trinajstić information content (AvgIpc) is 2.60. The van der Waals surface area contributed by atoms with Crippen LogP contribution in [0.2, 0.25) is 0 Å². The van der Waals surface area contributed by atoms with Crippen LogP contribution in [0.15, 0.2) is 12.1 Å². The number of hydrogen-bond donors (Lipinski definition) is 0. The first kappa shape index (κ1) is 19.7. The van der Waals surface area contributed by atoms with Crippen LogP contribution in [0.5, 0.6) is 5.75 Å². The highest BCUT2D eigenvalue weighted by Crippen LogP contribution is 2.40. The molecule has 0 saturated carbocycles. The van der Waals surface area contributed by atoms with E-state index in [4.69, 9.17) is 10.00 Å². The maximum Gasteiger partial charge on any atom is 0.173 e. The van der Waals surface area contributed by atoms with Crippen molar-refractivity contribution in [3.63, 3.8) is 0 Å². The summed E-state index contributed by atoms with van der Waals surface area (Å²) < 4.78 is 5.77. The lowest BCUT2D eigenvalue weighted by Crippen LogP contribution is -2.46. The zero-order valence-electron chi connectivity index (χ0n) is 15.4. The number of anilines is 1. The second-order valence-corrected chi connectivity index (χ2v) is 7.87. The van der Waals surface area contributed by atoms with E-state index in [0.717, 1.165) is 43.2 Å². The van der Waals surface area contributed by atoms with Crippen molar-refractivity contribution in [2.45, 2.75) is 26.2 Å². The predicted molar refractivity (Wildman–Crippen MR) is 104 cm³/mol. The molecule has 1 aromatic rings. The van der Waals surface area contributed by atoms with Crippen molar-refractivity contribution in [1.29, 1.82) is 5.26 Å². The zero-order chi connectivity index (χ0) is 18.6. The molecule has 136 valence electrons. The zero-order valence-corrected chi connectivity index (χ0v) is 17.0. The molecule has 0 amide bonds. The lowest BCUT2D eigenvalue weighted by Gasteiger charge is -2.37. The van der Waals surface area contributed by atoms with Crippen molar-refractivity contribution >= 4 is 27.4 Å². The third kappa shape index (κ3) is 4.53. The number of halogens is 1. The van der Waals surface area contributed by atoms with Gasteiger partial charge in [0.2, 0.25) is 0 Å². The Hall–Kier alpha value is -1.58. The van der Waals surface area contributed by atoms with Gasteiger partial charge < -0.3 is 9.64 Å². The molecule has 1 heterocycles. The van der Waals surface area contributed by atoms with Crippen LogP contribution in [0, 0.1) is 11.3 Å². The number of methoxy groups -OCH3 is 1. The van der Waals surface area contributed by atoms with Crippen LogP contribution in [-0.4, -0.2) is 55.8 Å². The number of ketones is 1. The number of hydrogen-bond acceptors (Lipinski definition) is 5. The maximum atomic E-state index is 12.3. The van der Waals surface area contributed by atoms with Crippen LogP contribution in [0.1, 0.15) is 36.7 Å². The summed E-state index contributed by atoms with van der Waals surface area (Å²) in [6.07, 6.45) is 0. The van der Waals surface area contributed by atoms with Crippen LogP contribution < -0.4 is 9.64 Å². The lowest BCUT2D eigenvalue weighted by molar-refractivity contribution is 0.102. The quantitative estimate of drug-likeness (QED) is 0.426. The summed E-state index contributed by atoms with van der Waals surface area (Å²) in [6.45, 7) is 10.1. The number of piperazine rings is 1. The molecule has 0 spiro atoms. The van der Waals surface area contributed by atoms with Gasteiger partial charge in [0.15, 0.2) is 5.78 Å². The predicted octanol–water partition coefficient (Wildman–Crippen LogP) is 3.22. The molecule has 0 radical (unpaired) electrons. The number of nitrogens with zero attached hydrogens (tertiary/aromatic N) is 3. The number of carbonyl (C=O) groups is 1. The lowest BCUT2D eigenvalue weighted by atomic mass is 9.84. The van der Waals surface area contributed by atoms with Crippen LogP contribution in [0.25, 0.3) is 0 Å². The third-order valence-electron chi connectivity index (χ3n) is 4.53. The standard InChI is InChI=1S/C19H26BrN3O2/c1-19(2,3)15-11-14(17(24)13-20)12-16(18(15)25-4)23-9-7-22(6-5-21)8-10-23/h11-12H,6-10,13H2,1-4H3. The molecule has 5 nitrogen and oxygen atoms in total. The summed E-state index contributed by atoms with van der Waals surface area (Å²) >= 11 is 3.28. The van der Waals surface area contributed by atoms with Crippen LogP contribution >= 0.6 is 15.9 Å². The monoisotopic (exact) mass is 407 g/mol. The summed E-state index contributed by atoms with van der Waals surface area (Å²) in [5.41, 5.74) is 2.58. The Kier molecular flexibility index (Phi) is 6.47. The van der Waals surface area contributed by atoms with Gasteiger partial charge in [-0.2, -0.15) is 5.26 Å². The third-order valence-corrected chi connectivity index (χ3v) is 5.04. The van der Waals surface area contributed by atoms with E-state index in [-0.39, 0.29) is 11.2 Å². The Morgan fingerprint density at radius 3 is 2.40 bits per heavy atom. The van der Waals surface area contributed by atoms with E-state index in [0.29, 0.717) is 17.4 Å². The van der Waals surface area contributed by atoms with Gasteiger partial charge in [-0.3, -0.25) is 9.69 Å². The van der Waals surface area contributed by atoms with Gasteiger partial charge in [0.05, 0.1) is 30.7 Å². The van der Waals surface area contributed by atoms with Gasteiger partial charge in [-0.15, -0.1) is 0 Å². The SMILES string of the molecule is COc1c(N2CCN(CC#N)CC2)cc(C(=O)CBr)cc1C(C)(C)C. The number of Topliss-reactive ketones (excluding diaryl/α,β-unsaturated/α-hetero) is 1. The topological polar surface area (TPSA) is 56.6 Å². The molecule has 1 aromatic carbocycles. The highest BCUT2D eigenvalue weighted by molar-refractivity contribution is 9.09. The summed E-state index contributed by atoms with van der Waals surface area (Å²) in [7, 11) is 1.69. The molecule has 1 aliphatic heterocycles. The average molecular weight is 408 g/mol. The largest absolute Gasteiger partial charge is 0.494 e. The van der Waals surface area contributed by atoms with Crippen molar-refractivity contribution in [2.75, 3.05) is 50.1 Å². The molecule has 2 rings (SSSR count). The molecular weight excluding hydrogens is 382 g/mol. The number of nitriles is 1. The van der Waals surface area contributed by atoms with Crippen molar-refractivity contribution in [2.24, 2.45) is 0 Å². The Labute approximate surface area is 158 Å². The molecule has 25 heavy (non-hydrogen) atoms. The van der Waals surface area contributed by atoms with Gasteiger partial charge in [-0.25, -0.2) is 0 Å². The van der Waals surface area contributed by atoms with E-state index in [1.807, 2.05) is 12.1 Å². The van der Waals surface area contributed by atoms with Crippen molar-refractivity contribution < 1.29 is 9.53 Å². The summed E-state index contributed by atoms with van der Waals surface area (Å²) in [5.74, 6) is 0.907. The first-order valence-electron chi connectivity index (χ1n) is 8.47. The second-order valence-electron chi connectivity index (χ2n) is 7.30. The van der Waals surface area contributed by atoms with Crippen molar-refractivity contribution in [1.82, 2.24) is 4.90 Å². The Balaban J connectivity index is 2.45. The minimum absolute atomic E-state index is 0.0671. The van der Waals surface area contributed by atoms with Gasteiger partial charge in [0, 0.05) is 37.3 Å². The van der Waals surface area contributed by atoms with Gasteiger partial charge in [-0.1, -0.05) is 36.7 Å². The molecule has 6 heteroatoms. The molecule has 0 aliphatic carbocycles. The van der Waals surface area contributed by atoms with E-state index in [9.17, 15) is 4.79 Å². The fraction of sp³-hybridized carbons (Fsp3) is 0.579. The molecule has 0 unspecified atom stereocenters. The highest BCUT2D eigenvalue weighted by Gasteiger charge is 2.27. The van der Waals surface area contributed by atoms with Crippen LogP contribution in [0.3, 0.4) is 0 Å². The van der Waals surface area contributed by atoms with Crippen molar-refractivity contribution in [3.05, 3.63) is 23.3 Å². The van der Waals surface area contributed by atoms with Crippen LogP contribution in [-0.2, 0) is 5.41 Å². The van der Waals surface area contributed by atoms with Gasteiger partial charge in [0.1, 0.15) is 5.75 Å². The van der Waals surface area contributed by atoms with E-state index in [1.165, 1.54) is 0 Å². The van der Waals surface area contributed by atoms with E-state index >= 15 is 0 Å². The molecule has 1 saturated heterocycles. The summed E-state index contributed by atoms with van der Waals surface area (Å²) in [5, 5.41) is 9.17. The molecule has 0 atom stereocenters. The van der Waals surface area contributed by atoms with E-state index < -0.39 is 0 Å². The smallest absolute Gasteiger partial charge is 0.173 e. The fourth-order valence-corrected chi connectivity index (χ4v) is 3.43. The van der Waals surface area contributed by atoms with Gasteiger partial charge in [0.25, 0.3) is 0 Å². The highest BCUT2D eigenvalue weighted by atomic mass is 79.9. The minimum atomic E-state index is -0.134. The number of rotatable bonds is 5. The number of benzene rings is 1. The fourth-order valence-electron chi connectivity index (χ4n) is 3.11. The molecule has 0 bridgehead atoms. The van der Waals surface area contributed by atoms with E-state index in [2.05, 4.69) is 52.6 Å². The van der Waals surface area contributed by atoms with Crippen LogP contribution in [0.4, 0.5) is 5.69 Å².